The fourth-order valence-corrected chi connectivity index (χ4v) is 2.00. The normalized spacial score (nSPS) is 30.2. The van der Waals surface area contributed by atoms with Crippen molar-refractivity contribution >= 4 is 0 Å². The van der Waals surface area contributed by atoms with E-state index in [1.807, 2.05) is 7.05 Å². The first-order chi connectivity index (χ1) is 6.64. The van der Waals surface area contributed by atoms with Crippen LogP contribution >= 0.6 is 0 Å². The molecule has 0 spiro atoms. The average molecular weight is 202 g/mol. The van der Waals surface area contributed by atoms with E-state index in [0.717, 1.165) is 39.0 Å². The topological polar surface area (TPSA) is 15.3 Å². The zero-order chi connectivity index (χ0) is 10.4. The van der Waals surface area contributed by atoms with Gasteiger partial charge < -0.3 is 10.2 Å². The van der Waals surface area contributed by atoms with Gasteiger partial charge in [-0.2, -0.15) is 0 Å². The van der Waals surface area contributed by atoms with Crippen LogP contribution in [0.1, 0.15) is 32.6 Å². The molecule has 0 aromatic heterocycles. The molecule has 84 valence electrons. The second kappa shape index (κ2) is 5.66. The van der Waals surface area contributed by atoms with Gasteiger partial charge in [0.2, 0.25) is 0 Å². The molecule has 1 aliphatic rings. The summed E-state index contributed by atoms with van der Waals surface area (Å²) in [6.07, 6.45) is 3.61. The van der Waals surface area contributed by atoms with Crippen molar-refractivity contribution in [3.05, 3.63) is 0 Å². The minimum absolute atomic E-state index is 0.701. The molecule has 1 atom stereocenters. The standard InChI is InChI=1S/C11H23FN2/c1-11(12)5-3-8-14(10-6-11)9-4-7-13-2/h13H,3-10H2,1-2H3. The smallest absolute Gasteiger partial charge is 0.109 e. The number of likely N-dealkylation sites (tertiary alicyclic amines) is 1. The van der Waals surface area contributed by atoms with Gasteiger partial charge >= 0.3 is 0 Å². The predicted molar refractivity (Wildman–Crippen MR) is 58.3 cm³/mol. The molecule has 1 heterocycles. The molecule has 0 aromatic carbocycles. The van der Waals surface area contributed by atoms with Crippen LogP contribution in [0.15, 0.2) is 0 Å². The molecule has 0 aliphatic carbocycles. The summed E-state index contributed by atoms with van der Waals surface area (Å²) >= 11 is 0. The van der Waals surface area contributed by atoms with Gasteiger partial charge in [-0.15, -0.1) is 0 Å². The highest BCUT2D eigenvalue weighted by Gasteiger charge is 2.26. The fraction of sp³-hybridized carbons (Fsp3) is 1.00. The van der Waals surface area contributed by atoms with Gasteiger partial charge in [-0.25, -0.2) is 4.39 Å². The molecule has 1 N–H and O–H groups in total. The number of hydrogen-bond donors (Lipinski definition) is 1. The summed E-state index contributed by atoms with van der Waals surface area (Å²) in [7, 11) is 1.97. The first-order valence-electron chi connectivity index (χ1n) is 5.70. The van der Waals surface area contributed by atoms with E-state index in [0.29, 0.717) is 6.42 Å². The first-order valence-corrected chi connectivity index (χ1v) is 5.70. The van der Waals surface area contributed by atoms with Gasteiger partial charge in [-0.3, -0.25) is 0 Å². The van der Waals surface area contributed by atoms with Crippen molar-refractivity contribution < 1.29 is 4.39 Å². The Morgan fingerprint density at radius 2 is 2.14 bits per heavy atom. The van der Waals surface area contributed by atoms with Crippen LogP contribution in [0.25, 0.3) is 0 Å². The summed E-state index contributed by atoms with van der Waals surface area (Å²) in [4.78, 5) is 2.39. The molecule has 1 aliphatic heterocycles. The van der Waals surface area contributed by atoms with E-state index < -0.39 is 5.67 Å². The maximum absolute atomic E-state index is 13.7. The van der Waals surface area contributed by atoms with Crippen molar-refractivity contribution in [2.75, 3.05) is 33.2 Å². The largest absolute Gasteiger partial charge is 0.320 e. The van der Waals surface area contributed by atoms with E-state index in [9.17, 15) is 4.39 Å². The zero-order valence-corrected chi connectivity index (χ0v) is 9.48. The monoisotopic (exact) mass is 202 g/mol. The highest BCUT2D eigenvalue weighted by atomic mass is 19.1. The maximum Gasteiger partial charge on any atom is 0.109 e. The van der Waals surface area contributed by atoms with Gasteiger partial charge in [0.25, 0.3) is 0 Å². The Hall–Kier alpha value is -0.150. The molecule has 0 aromatic rings. The summed E-state index contributed by atoms with van der Waals surface area (Å²) in [5, 5.41) is 3.14. The van der Waals surface area contributed by atoms with E-state index in [1.165, 1.54) is 6.42 Å². The first kappa shape index (κ1) is 11.9. The Bertz CT molecular complexity index is 159. The Morgan fingerprint density at radius 1 is 1.36 bits per heavy atom. The van der Waals surface area contributed by atoms with Crippen molar-refractivity contribution in [1.82, 2.24) is 10.2 Å². The molecule has 1 fully saturated rings. The van der Waals surface area contributed by atoms with E-state index in [1.54, 1.807) is 6.92 Å². The van der Waals surface area contributed by atoms with Crippen LogP contribution in [0.2, 0.25) is 0 Å². The third-order valence-electron chi connectivity index (χ3n) is 3.02. The van der Waals surface area contributed by atoms with Crippen LogP contribution in [0.5, 0.6) is 0 Å². The van der Waals surface area contributed by atoms with Crippen molar-refractivity contribution in [3.8, 4) is 0 Å². The summed E-state index contributed by atoms with van der Waals surface area (Å²) in [5.41, 5.74) is -0.919. The van der Waals surface area contributed by atoms with E-state index in [4.69, 9.17) is 0 Å². The number of nitrogens with zero attached hydrogens (tertiary/aromatic N) is 1. The molecular formula is C11H23FN2. The quantitative estimate of drug-likeness (QED) is 0.699. The second-order valence-electron chi connectivity index (χ2n) is 4.57. The SMILES string of the molecule is CNCCCN1CCCC(C)(F)CC1. The van der Waals surface area contributed by atoms with Gasteiger partial charge in [0.05, 0.1) is 0 Å². The highest BCUT2D eigenvalue weighted by Crippen LogP contribution is 2.25. The van der Waals surface area contributed by atoms with Gasteiger partial charge in [0.1, 0.15) is 5.67 Å². The Kier molecular flexibility index (Phi) is 4.82. The van der Waals surface area contributed by atoms with Crippen LogP contribution in [0.4, 0.5) is 4.39 Å². The molecule has 1 saturated heterocycles. The van der Waals surface area contributed by atoms with Gasteiger partial charge in [0.15, 0.2) is 0 Å². The number of alkyl halides is 1. The fourth-order valence-electron chi connectivity index (χ4n) is 2.00. The Balaban J connectivity index is 2.21. The van der Waals surface area contributed by atoms with Crippen LogP contribution in [0, 0.1) is 0 Å². The maximum atomic E-state index is 13.7. The van der Waals surface area contributed by atoms with Crippen molar-refractivity contribution in [1.29, 1.82) is 0 Å². The molecule has 1 unspecified atom stereocenters. The number of rotatable bonds is 4. The van der Waals surface area contributed by atoms with E-state index >= 15 is 0 Å². The van der Waals surface area contributed by atoms with Crippen molar-refractivity contribution in [2.45, 2.75) is 38.3 Å². The van der Waals surface area contributed by atoms with Crippen LogP contribution in [-0.4, -0.2) is 43.8 Å². The lowest BCUT2D eigenvalue weighted by molar-refractivity contribution is 0.161. The Morgan fingerprint density at radius 3 is 2.86 bits per heavy atom. The molecule has 0 radical (unpaired) electrons. The van der Waals surface area contributed by atoms with Crippen LogP contribution < -0.4 is 5.32 Å². The number of nitrogens with one attached hydrogen (secondary N) is 1. The van der Waals surface area contributed by atoms with Gasteiger partial charge in [0, 0.05) is 6.54 Å². The summed E-state index contributed by atoms with van der Waals surface area (Å²) < 4.78 is 13.7. The molecule has 3 heteroatoms. The summed E-state index contributed by atoms with van der Waals surface area (Å²) in [6.45, 7) is 5.91. The van der Waals surface area contributed by atoms with Crippen molar-refractivity contribution in [3.63, 3.8) is 0 Å². The lowest BCUT2D eigenvalue weighted by Crippen LogP contribution is -2.29. The zero-order valence-electron chi connectivity index (χ0n) is 9.48. The average Bonchev–Trinajstić information content (AvgIpc) is 2.28. The van der Waals surface area contributed by atoms with Gasteiger partial charge in [-0.1, -0.05) is 0 Å². The molecule has 0 amide bonds. The molecule has 0 saturated carbocycles. The minimum atomic E-state index is -0.919. The van der Waals surface area contributed by atoms with E-state index in [2.05, 4.69) is 10.2 Å². The lowest BCUT2D eigenvalue weighted by atomic mass is 10.0. The number of halogens is 1. The Labute approximate surface area is 86.9 Å². The second-order valence-corrected chi connectivity index (χ2v) is 4.57. The van der Waals surface area contributed by atoms with Crippen LogP contribution in [-0.2, 0) is 0 Å². The molecule has 14 heavy (non-hydrogen) atoms. The third kappa shape index (κ3) is 4.38. The van der Waals surface area contributed by atoms with Crippen molar-refractivity contribution in [2.24, 2.45) is 0 Å². The van der Waals surface area contributed by atoms with Crippen LogP contribution in [0.3, 0.4) is 0 Å². The number of hydrogen-bond acceptors (Lipinski definition) is 2. The molecular weight excluding hydrogens is 179 g/mol. The van der Waals surface area contributed by atoms with Gasteiger partial charge in [-0.05, 0) is 59.3 Å². The minimum Gasteiger partial charge on any atom is -0.320 e. The molecule has 2 nitrogen and oxygen atoms in total. The summed E-state index contributed by atoms with van der Waals surface area (Å²) in [6, 6.07) is 0. The lowest BCUT2D eigenvalue weighted by Gasteiger charge is -2.20. The molecule has 1 rings (SSSR count). The molecule has 0 bridgehead atoms. The highest BCUT2D eigenvalue weighted by molar-refractivity contribution is 4.79. The predicted octanol–water partition coefficient (Wildman–Crippen LogP) is 1.81. The third-order valence-corrected chi connectivity index (χ3v) is 3.02. The summed E-state index contributed by atoms with van der Waals surface area (Å²) in [5.74, 6) is 0. The van der Waals surface area contributed by atoms with E-state index in [-0.39, 0.29) is 0 Å².